The van der Waals surface area contributed by atoms with Gasteiger partial charge in [0, 0.05) is 6.54 Å². The van der Waals surface area contributed by atoms with Gasteiger partial charge in [-0.25, -0.2) is 9.18 Å². The first-order valence-corrected chi connectivity index (χ1v) is 8.88. The van der Waals surface area contributed by atoms with Crippen molar-refractivity contribution in [3.63, 3.8) is 0 Å². The van der Waals surface area contributed by atoms with Gasteiger partial charge in [0.15, 0.2) is 0 Å². The molecule has 25 heavy (non-hydrogen) atoms. The monoisotopic (exact) mass is 351 g/mol. The van der Waals surface area contributed by atoms with Gasteiger partial charge in [0.05, 0.1) is 6.54 Å². The van der Waals surface area contributed by atoms with E-state index in [9.17, 15) is 18.8 Å². The lowest BCUT2D eigenvalue weighted by Crippen LogP contribution is -2.54. The minimum absolute atomic E-state index is 0.0541. The fourth-order valence-corrected chi connectivity index (χ4v) is 4.80. The van der Waals surface area contributed by atoms with E-state index in [2.05, 4.69) is 26.1 Å². The fraction of sp³-hybridized carbons (Fsp3) is 0.722. The summed E-state index contributed by atoms with van der Waals surface area (Å²) in [6.45, 7) is 6.27. The lowest BCUT2D eigenvalue weighted by molar-refractivity contribution is -0.140. The number of amides is 4. The third kappa shape index (κ3) is 3.41. The normalized spacial score (nSPS) is 32.0. The van der Waals surface area contributed by atoms with E-state index in [1.807, 2.05) is 0 Å². The van der Waals surface area contributed by atoms with E-state index >= 15 is 0 Å². The summed E-state index contributed by atoms with van der Waals surface area (Å²) in [7, 11) is 0. The van der Waals surface area contributed by atoms with Gasteiger partial charge in [-0.1, -0.05) is 20.8 Å². The zero-order valence-corrected chi connectivity index (χ0v) is 15.1. The SMILES string of the molecule is C[C@H]1CC(C)(C)C[C@]2(C1)NC(=O)N(CC(=O)N1CCC=C(F)C1)C2=O. The van der Waals surface area contributed by atoms with Crippen LogP contribution in [0.5, 0.6) is 0 Å². The largest absolute Gasteiger partial charge is 0.334 e. The van der Waals surface area contributed by atoms with Crippen molar-refractivity contribution in [1.29, 1.82) is 0 Å². The van der Waals surface area contributed by atoms with Gasteiger partial charge in [-0.2, -0.15) is 0 Å². The molecule has 0 radical (unpaired) electrons. The van der Waals surface area contributed by atoms with Gasteiger partial charge < -0.3 is 10.2 Å². The Morgan fingerprint density at radius 3 is 2.72 bits per heavy atom. The molecular formula is C18H26FN3O3. The van der Waals surface area contributed by atoms with E-state index in [0.29, 0.717) is 31.7 Å². The lowest BCUT2D eigenvalue weighted by atomic mass is 9.64. The standard InChI is InChI=1S/C18H26FN3O3/c1-12-7-17(2,3)11-18(8-12)15(24)22(16(25)20-18)10-14(23)21-6-4-5-13(19)9-21/h5,12H,4,6-11H2,1-3H3,(H,20,25)/t12-,18-/m0/s1. The molecule has 2 atom stereocenters. The number of urea groups is 1. The Morgan fingerprint density at radius 2 is 2.08 bits per heavy atom. The molecule has 3 aliphatic rings. The van der Waals surface area contributed by atoms with Crippen LogP contribution < -0.4 is 5.32 Å². The molecule has 0 bridgehead atoms. The number of imide groups is 1. The number of carbonyl (C=O) groups excluding carboxylic acids is 3. The van der Waals surface area contributed by atoms with Crippen LogP contribution in [-0.2, 0) is 9.59 Å². The van der Waals surface area contributed by atoms with E-state index in [1.165, 1.54) is 11.0 Å². The van der Waals surface area contributed by atoms with Crippen LogP contribution in [0.4, 0.5) is 9.18 Å². The lowest BCUT2D eigenvalue weighted by Gasteiger charge is -2.43. The van der Waals surface area contributed by atoms with Crippen molar-refractivity contribution >= 4 is 17.8 Å². The molecule has 0 aromatic carbocycles. The number of hydrogen-bond acceptors (Lipinski definition) is 3. The fourth-order valence-electron chi connectivity index (χ4n) is 4.80. The van der Waals surface area contributed by atoms with E-state index in [0.717, 1.165) is 11.3 Å². The number of rotatable bonds is 2. The predicted molar refractivity (Wildman–Crippen MR) is 90.2 cm³/mol. The number of carbonyl (C=O) groups is 3. The number of hydrogen-bond donors (Lipinski definition) is 1. The Morgan fingerprint density at radius 1 is 1.36 bits per heavy atom. The summed E-state index contributed by atoms with van der Waals surface area (Å²) in [5.41, 5.74) is -0.965. The Hall–Kier alpha value is -1.92. The Balaban J connectivity index is 1.73. The summed E-state index contributed by atoms with van der Waals surface area (Å²) >= 11 is 0. The van der Waals surface area contributed by atoms with Gasteiger partial charge in [0.1, 0.15) is 17.9 Å². The van der Waals surface area contributed by atoms with Crippen LogP contribution in [-0.4, -0.2) is 52.8 Å². The van der Waals surface area contributed by atoms with E-state index in [1.54, 1.807) is 0 Å². The van der Waals surface area contributed by atoms with Gasteiger partial charge in [-0.3, -0.25) is 14.5 Å². The topological polar surface area (TPSA) is 69.7 Å². The average molecular weight is 351 g/mol. The van der Waals surface area contributed by atoms with E-state index in [-0.39, 0.29) is 30.2 Å². The van der Waals surface area contributed by atoms with Crippen LogP contribution in [0.3, 0.4) is 0 Å². The smallest absolute Gasteiger partial charge is 0.325 e. The molecule has 2 fully saturated rings. The number of nitrogens with one attached hydrogen (secondary N) is 1. The molecule has 2 aliphatic heterocycles. The first-order chi connectivity index (χ1) is 11.6. The van der Waals surface area contributed by atoms with Gasteiger partial charge in [0.2, 0.25) is 5.91 Å². The first-order valence-electron chi connectivity index (χ1n) is 8.88. The zero-order valence-electron chi connectivity index (χ0n) is 15.1. The molecule has 0 unspecified atom stereocenters. The number of halogens is 1. The highest BCUT2D eigenvalue weighted by atomic mass is 19.1. The van der Waals surface area contributed by atoms with Crippen LogP contribution in [0.1, 0.15) is 46.5 Å². The molecule has 6 nitrogen and oxygen atoms in total. The van der Waals surface area contributed by atoms with Crippen LogP contribution in [0.2, 0.25) is 0 Å². The molecule has 3 rings (SSSR count). The molecule has 7 heteroatoms. The van der Waals surface area contributed by atoms with Crippen LogP contribution in [0, 0.1) is 11.3 Å². The highest BCUT2D eigenvalue weighted by molar-refractivity contribution is 6.09. The Bertz CT molecular complexity index is 645. The summed E-state index contributed by atoms with van der Waals surface area (Å²) in [6, 6.07) is -0.517. The van der Waals surface area contributed by atoms with Crippen molar-refractivity contribution < 1.29 is 18.8 Å². The molecule has 2 heterocycles. The van der Waals surface area contributed by atoms with Crippen LogP contribution >= 0.6 is 0 Å². The van der Waals surface area contributed by atoms with Gasteiger partial charge in [0.25, 0.3) is 5.91 Å². The van der Waals surface area contributed by atoms with Crippen molar-refractivity contribution in [2.45, 2.75) is 52.0 Å². The second-order valence-electron chi connectivity index (χ2n) is 8.51. The molecule has 1 spiro atoms. The highest BCUT2D eigenvalue weighted by Crippen LogP contribution is 2.46. The van der Waals surface area contributed by atoms with Gasteiger partial charge >= 0.3 is 6.03 Å². The molecule has 4 amide bonds. The summed E-state index contributed by atoms with van der Waals surface area (Å²) in [6.07, 6.45) is 4.06. The third-order valence-electron chi connectivity index (χ3n) is 5.38. The third-order valence-corrected chi connectivity index (χ3v) is 5.38. The quantitative estimate of drug-likeness (QED) is 0.776. The molecule has 138 valence electrons. The summed E-state index contributed by atoms with van der Waals surface area (Å²) < 4.78 is 13.4. The maximum absolute atomic E-state index is 13.4. The highest BCUT2D eigenvalue weighted by Gasteiger charge is 2.56. The van der Waals surface area contributed by atoms with Crippen molar-refractivity contribution in [1.82, 2.24) is 15.1 Å². The molecule has 1 saturated heterocycles. The van der Waals surface area contributed by atoms with Crippen molar-refractivity contribution in [3.05, 3.63) is 11.9 Å². The summed E-state index contributed by atoms with van der Waals surface area (Å²) in [5.74, 6) is -0.758. The second kappa shape index (κ2) is 6.11. The molecule has 1 saturated carbocycles. The van der Waals surface area contributed by atoms with Crippen molar-refractivity contribution in [2.24, 2.45) is 11.3 Å². The maximum atomic E-state index is 13.4. The molecule has 0 aromatic rings. The molecule has 1 N–H and O–H groups in total. The summed E-state index contributed by atoms with van der Waals surface area (Å²) in [5, 5.41) is 2.85. The predicted octanol–water partition coefficient (Wildman–Crippen LogP) is 2.21. The average Bonchev–Trinajstić information content (AvgIpc) is 2.68. The molecular weight excluding hydrogens is 325 g/mol. The maximum Gasteiger partial charge on any atom is 0.325 e. The summed E-state index contributed by atoms with van der Waals surface area (Å²) in [4.78, 5) is 40.2. The van der Waals surface area contributed by atoms with Crippen LogP contribution in [0.25, 0.3) is 0 Å². The minimum atomic E-state index is -0.911. The Kier molecular flexibility index (Phi) is 4.37. The van der Waals surface area contributed by atoms with E-state index < -0.39 is 17.5 Å². The first kappa shape index (κ1) is 17.9. The van der Waals surface area contributed by atoms with E-state index in [4.69, 9.17) is 0 Å². The molecule has 1 aliphatic carbocycles. The second-order valence-corrected chi connectivity index (χ2v) is 8.51. The van der Waals surface area contributed by atoms with Crippen molar-refractivity contribution in [3.8, 4) is 0 Å². The minimum Gasteiger partial charge on any atom is -0.334 e. The van der Waals surface area contributed by atoms with Crippen molar-refractivity contribution in [2.75, 3.05) is 19.6 Å². The van der Waals surface area contributed by atoms with Crippen LogP contribution in [0.15, 0.2) is 11.9 Å². The number of nitrogens with zero attached hydrogens (tertiary/aromatic N) is 2. The Labute approximate surface area is 147 Å². The van der Waals surface area contributed by atoms with Gasteiger partial charge in [-0.15, -0.1) is 0 Å². The van der Waals surface area contributed by atoms with Gasteiger partial charge in [-0.05, 0) is 43.1 Å². The zero-order chi connectivity index (χ0) is 18.4. The molecule has 0 aromatic heterocycles.